The molecule has 0 bridgehead atoms. The van der Waals surface area contributed by atoms with E-state index in [0.29, 0.717) is 38.9 Å². The molecule has 10 nitrogen and oxygen atoms in total. The summed E-state index contributed by atoms with van der Waals surface area (Å²) in [7, 11) is 0. The number of para-hydroxylation sites is 1. The number of β-amino-alcohol motifs (C(OH)–C–C–N with tert-alkyl or cyclic N) is 1. The Balaban J connectivity index is 0.00000324. The minimum atomic E-state index is -0.267. The predicted molar refractivity (Wildman–Crippen MR) is 136 cm³/mol. The minimum absolute atomic E-state index is 0. The number of aryl methyl sites for hydroxylation is 2. The third kappa shape index (κ3) is 6.19. The number of rotatable bonds is 7. The number of aliphatic hydroxyl groups is 1. The molecular formula is C22H28ClN7O3S. The second-order valence-corrected chi connectivity index (χ2v) is 9.19. The monoisotopic (exact) mass is 505 g/mol. The topological polar surface area (TPSA) is 138 Å². The molecule has 0 saturated carbocycles. The van der Waals surface area contributed by atoms with Crippen molar-refractivity contribution in [1.29, 1.82) is 0 Å². The Morgan fingerprint density at radius 1 is 1.21 bits per heavy atom. The molecule has 0 radical (unpaired) electrons. The van der Waals surface area contributed by atoms with E-state index in [1.54, 1.807) is 6.07 Å². The number of carbonyl (C=O) groups is 1. The highest BCUT2D eigenvalue weighted by atomic mass is 35.5. The summed E-state index contributed by atoms with van der Waals surface area (Å²) in [5, 5.41) is 16.2. The van der Waals surface area contributed by atoms with Crippen molar-refractivity contribution in [2.45, 2.75) is 13.8 Å². The van der Waals surface area contributed by atoms with Gasteiger partial charge in [0.25, 0.3) is 5.91 Å². The Morgan fingerprint density at radius 2 is 1.97 bits per heavy atom. The molecule has 0 unspecified atom stereocenters. The van der Waals surface area contributed by atoms with E-state index in [2.05, 4.69) is 35.4 Å². The number of hydrogen-bond donors (Lipinski definition) is 3. The van der Waals surface area contributed by atoms with Crippen molar-refractivity contribution in [3.05, 3.63) is 51.7 Å². The maximum absolute atomic E-state index is 12.7. The summed E-state index contributed by atoms with van der Waals surface area (Å²) in [5.41, 5.74) is 1.49. The van der Waals surface area contributed by atoms with Gasteiger partial charge in [-0.25, -0.2) is 15.0 Å². The summed E-state index contributed by atoms with van der Waals surface area (Å²) < 4.78 is 0. The van der Waals surface area contributed by atoms with Crippen molar-refractivity contribution >= 4 is 51.3 Å². The molecule has 5 N–H and O–H groups in total. The van der Waals surface area contributed by atoms with Crippen LogP contribution in [-0.4, -0.2) is 75.7 Å². The molecule has 34 heavy (non-hydrogen) atoms. The zero-order chi connectivity index (χ0) is 23.4. The Hall–Kier alpha value is -2.83. The molecule has 0 atom stereocenters. The van der Waals surface area contributed by atoms with Crippen LogP contribution in [-0.2, 0) is 0 Å². The van der Waals surface area contributed by atoms with Crippen LogP contribution in [0.25, 0.3) is 0 Å². The smallest absolute Gasteiger partial charge is 0.267 e. The fraction of sp³-hybridized carbons (Fsp3) is 0.364. The first-order chi connectivity index (χ1) is 15.9. The van der Waals surface area contributed by atoms with E-state index in [9.17, 15) is 4.79 Å². The lowest BCUT2D eigenvalue weighted by molar-refractivity contribution is 0.103. The van der Waals surface area contributed by atoms with Crippen LogP contribution < -0.4 is 15.5 Å². The molecule has 3 heterocycles. The van der Waals surface area contributed by atoms with E-state index >= 15 is 0 Å². The SMILES string of the molecule is Cc1nc(Nc2ncc(C(=O)Nc3c(C)cccc3Cl)s2)cc(N2CCN(CCO)CC2)n1.O. The summed E-state index contributed by atoms with van der Waals surface area (Å²) in [5.74, 6) is 1.85. The average molecular weight is 506 g/mol. The average Bonchev–Trinajstić information content (AvgIpc) is 3.25. The van der Waals surface area contributed by atoms with Gasteiger partial charge in [-0.2, -0.15) is 0 Å². The molecule has 4 rings (SSSR count). The van der Waals surface area contributed by atoms with Crippen molar-refractivity contribution < 1.29 is 15.4 Å². The first-order valence-corrected chi connectivity index (χ1v) is 11.9. The second-order valence-electron chi connectivity index (χ2n) is 7.75. The van der Waals surface area contributed by atoms with Crippen LogP contribution in [0.2, 0.25) is 5.02 Å². The number of benzene rings is 1. The summed E-state index contributed by atoms with van der Waals surface area (Å²) in [6.45, 7) is 8.03. The van der Waals surface area contributed by atoms with Gasteiger partial charge in [0.15, 0.2) is 5.13 Å². The van der Waals surface area contributed by atoms with E-state index in [4.69, 9.17) is 16.7 Å². The van der Waals surface area contributed by atoms with Gasteiger partial charge in [0.1, 0.15) is 22.3 Å². The molecule has 1 saturated heterocycles. The van der Waals surface area contributed by atoms with E-state index in [0.717, 1.165) is 37.6 Å². The molecule has 1 aromatic carbocycles. The van der Waals surface area contributed by atoms with Gasteiger partial charge >= 0.3 is 0 Å². The van der Waals surface area contributed by atoms with Gasteiger partial charge in [0.05, 0.1) is 23.5 Å². The van der Waals surface area contributed by atoms with E-state index < -0.39 is 0 Å². The van der Waals surface area contributed by atoms with Gasteiger partial charge in [-0.15, -0.1) is 0 Å². The van der Waals surface area contributed by atoms with Gasteiger partial charge in [-0.1, -0.05) is 35.1 Å². The molecule has 1 amide bonds. The first-order valence-electron chi connectivity index (χ1n) is 10.7. The summed E-state index contributed by atoms with van der Waals surface area (Å²) in [6.07, 6.45) is 1.53. The molecule has 1 fully saturated rings. The highest BCUT2D eigenvalue weighted by molar-refractivity contribution is 7.17. The Labute approximate surface area is 206 Å². The third-order valence-corrected chi connectivity index (χ3v) is 6.59. The Kier molecular flexibility index (Phi) is 8.75. The number of piperazine rings is 1. The quantitative estimate of drug-likeness (QED) is 0.445. The highest BCUT2D eigenvalue weighted by Gasteiger charge is 2.19. The highest BCUT2D eigenvalue weighted by Crippen LogP contribution is 2.28. The van der Waals surface area contributed by atoms with Crippen LogP contribution in [0, 0.1) is 13.8 Å². The number of aromatic nitrogens is 3. The number of nitrogens with zero attached hydrogens (tertiary/aromatic N) is 5. The van der Waals surface area contributed by atoms with E-state index in [1.165, 1.54) is 17.5 Å². The van der Waals surface area contributed by atoms with Gasteiger partial charge in [0, 0.05) is 38.8 Å². The first kappa shape index (κ1) is 25.8. The number of nitrogens with one attached hydrogen (secondary N) is 2. The minimum Gasteiger partial charge on any atom is -0.412 e. The lowest BCUT2D eigenvalue weighted by Gasteiger charge is -2.35. The molecule has 1 aliphatic rings. The molecule has 3 aromatic rings. The molecule has 12 heteroatoms. The number of halogens is 1. The maximum Gasteiger partial charge on any atom is 0.267 e. The molecule has 0 aliphatic carbocycles. The van der Waals surface area contributed by atoms with E-state index in [1.807, 2.05) is 32.0 Å². The van der Waals surface area contributed by atoms with Crippen LogP contribution in [0.4, 0.5) is 22.5 Å². The number of carbonyl (C=O) groups excluding carboxylic acids is 1. The van der Waals surface area contributed by atoms with Gasteiger partial charge < -0.3 is 26.1 Å². The third-order valence-electron chi connectivity index (χ3n) is 5.36. The summed E-state index contributed by atoms with van der Waals surface area (Å²) in [6, 6.07) is 7.37. The molecule has 2 aromatic heterocycles. The van der Waals surface area contributed by atoms with Crippen LogP contribution in [0.15, 0.2) is 30.5 Å². The fourth-order valence-electron chi connectivity index (χ4n) is 3.63. The molecule has 0 spiro atoms. The van der Waals surface area contributed by atoms with Crippen LogP contribution in [0.1, 0.15) is 21.1 Å². The van der Waals surface area contributed by atoms with Crippen molar-refractivity contribution in [1.82, 2.24) is 19.9 Å². The van der Waals surface area contributed by atoms with Crippen LogP contribution in [0.3, 0.4) is 0 Å². The molecular weight excluding hydrogens is 478 g/mol. The number of amides is 1. The number of hydrogen-bond acceptors (Lipinski definition) is 9. The zero-order valence-corrected chi connectivity index (χ0v) is 20.6. The largest absolute Gasteiger partial charge is 0.412 e. The van der Waals surface area contributed by atoms with Crippen LogP contribution in [0.5, 0.6) is 0 Å². The number of aliphatic hydroxyl groups excluding tert-OH is 1. The standard InChI is InChI=1S/C22H26ClN7O2S.H2O/c1-14-4-3-5-16(23)20(14)28-21(32)17-13-24-22(33-17)27-18-12-19(26-15(2)25-18)30-8-6-29(7-9-30)10-11-31;/h3-5,12-13,31H,6-11H2,1-2H3,(H,28,32)(H,24,25,26,27);1H2. The van der Waals surface area contributed by atoms with Crippen molar-refractivity contribution in [3.8, 4) is 0 Å². The van der Waals surface area contributed by atoms with Crippen molar-refractivity contribution in [2.24, 2.45) is 0 Å². The summed E-state index contributed by atoms with van der Waals surface area (Å²) >= 11 is 7.46. The number of thiazole rings is 1. The Morgan fingerprint density at radius 3 is 2.68 bits per heavy atom. The predicted octanol–water partition coefficient (Wildman–Crippen LogP) is 2.49. The van der Waals surface area contributed by atoms with Crippen molar-refractivity contribution in [3.63, 3.8) is 0 Å². The molecule has 182 valence electrons. The molecule has 1 aliphatic heterocycles. The lowest BCUT2D eigenvalue weighted by Crippen LogP contribution is -2.47. The Bertz CT molecular complexity index is 1120. The second kappa shape index (κ2) is 11.5. The van der Waals surface area contributed by atoms with E-state index in [-0.39, 0.29) is 18.0 Å². The van der Waals surface area contributed by atoms with Crippen LogP contribution >= 0.6 is 22.9 Å². The van der Waals surface area contributed by atoms with Crippen molar-refractivity contribution in [2.75, 3.05) is 54.9 Å². The van der Waals surface area contributed by atoms with Gasteiger partial charge in [-0.05, 0) is 25.5 Å². The van der Waals surface area contributed by atoms with Gasteiger partial charge in [-0.3, -0.25) is 9.69 Å². The zero-order valence-electron chi connectivity index (χ0n) is 19.0. The fourth-order valence-corrected chi connectivity index (χ4v) is 4.62. The summed E-state index contributed by atoms with van der Waals surface area (Å²) in [4.78, 5) is 31.0. The van der Waals surface area contributed by atoms with Gasteiger partial charge in [0.2, 0.25) is 0 Å². The number of anilines is 4. The maximum atomic E-state index is 12.7. The lowest BCUT2D eigenvalue weighted by atomic mass is 10.2. The normalized spacial score (nSPS) is 13.9.